The number of anilines is 1. The summed E-state index contributed by atoms with van der Waals surface area (Å²) < 4.78 is 16.5. The highest BCUT2D eigenvalue weighted by Crippen LogP contribution is 2.44. The fraction of sp³-hybridized carbons (Fsp3) is 0.158. The fourth-order valence-electron chi connectivity index (χ4n) is 2.72. The smallest absolute Gasteiger partial charge is 0.270 e. The number of methoxy groups -OCH3 is 3. The molecule has 1 heterocycles. The molecule has 9 heteroatoms. The summed E-state index contributed by atoms with van der Waals surface area (Å²) in [7, 11) is 4.58. The monoisotopic (exact) mass is 455 g/mol. The van der Waals surface area contributed by atoms with Crippen molar-refractivity contribution >= 4 is 69.2 Å². The van der Waals surface area contributed by atoms with E-state index in [0.29, 0.717) is 47.8 Å². The van der Waals surface area contributed by atoms with E-state index in [1.807, 2.05) is 0 Å². The molecule has 0 aromatic heterocycles. The number of benzene rings is 2. The summed E-state index contributed by atoms with van der Waals surface area (Å²) in [6, 6.07) is 8.40. The second kappa shape index (κ2) is 8.61. The molecular weight excluding hydrogens is 441 g/mol. The Morgan fingerprint density at radius 3 is 2.36 bits per heavy atom. The standard InChI is InChI=1S/C19H15Cl2NO4S2/c1-24-14-7-4-10(16(25-2)17(14)26-3)8-15-18(23)22(19(27)28-15)13-6-5-11(20)9-12(13)21/h4-9H,1-3H3. The Balaban J connectivity index is 2.03. The molecule has 0 saturated carbocycles. The number of carbonyl (C=O) groups excluding carboxylic acids is 1. The van der Waals surface area contributed by atoms with Crippen LogP contribution in [0.25, 0.3) is 6.08 Å². The molecule has 28 heavy (non-hydrogen) atoms. The highest BCUT2D eigenvalue weighted by atomic mass is 35.5. The van der Waals surface area contributed by atoms with Crippen molar-refractivity contribution in [3.8, 4) is 17.2 Å². The molecule has 1 fully saturated rings. The molecule has 146 valence electrons. The third-order valence-electron chi connectivity index (χ3n) is 3.97. The molecule has 5 nitrogen and oxygen atoms in total. The molecule has 0 N–H and O–H groups in total. The van der Waals surface area contributed by atoms with Crippen molar-refractivity contribution in [1.82, 2.24) is 0 Å². The number of nitrogens with zero attached hydrogens (tertiary/aromatic N) is 1. The lowest BCUT2D eigenvalue weighted by atomic mass is 10.1. The molecule has 1 saturated heterocycles. The van der Waals surface area contributed by atoms with Gasteiger partial charge < -0.3 is 14.2 Å². The molecule has 3 rings (SSSR count). The van der Waals surface area contributed by atoms with Crippen molar-refractivity contribution in [2.75, 3.05) is 26.2 Å². The largest absolute Gasteiger partial charge is 0.493 e. The van der Waals surface area contributed by atoms with Gasteiger partial charge in [-0.1, -0.05) is 47.2 Å². The maximum Gasteiger partial charge on any atom is 0.270 e. The molecule has 0 atom stereocenters. The summed E-state index contributed by atoms with van der Waals surface area (Å²) in [5.74, 6) is 1.14. The maximum atomic E-state index is 13.0. The summed E-state index contributed by atoms with van der Waals surface area (Å²) in [5, 5.41) is 0.818. The predicted octanol–water partition coefficient (Wildman–Crippen LogP) is 5.43. The summed E-state index contributed by atoms with van der Waals surface area (Å²) >= 11 is 18.8. The number of carbonyl (C=O) groups is 1. The number of ether oxygens (including phenoxy) is 3. The van der Waals surface area contributed by atoms with Crippen molar-refractivity contribution in [3.05, 3.63) is 50.8 Å². The van der Waals surface area contributed by atoms with Gasteiger partial charge in [0.25, 0.3) is 5.91 Å². The van der Waals surface area contributed by atoms with Crippen molar-refractivity contribution < 1.29 is 19.0 Å². The normalized spacial score (nSPS) is 15.3. The van der Waals surface area contributed by atoms with Gasteiger partial charge in [-0.25, -0.2) is 0 Å². The lowest BCUT2D eigenvalue weighted by molar-refractivity contribution is -0.113. The van der Waals surface area contributed by atoms with Gasteiger partial charge in [0.15, 0.2) is 15.8 Å². The Morgan fingerprint density at radius 1 is 1.04 bits per heavy atom. The molecule has 2 aromatic rings. The van der Waals surface area contributed by atoms with Crippen LogP contribution in [0.3, 0.4) is 0 Å². The van der Waals surface area contributed by atoms with Gasteiger partial charge in [-0.05, 0) is 36.4 Å². The Labute approximate surface area is 182 Å². The predicted molar refractivity (Wildman–Crippen MR) is 118 cm³/mol. The van der Waals surface area contributed by atoms with E-state index in [1.54, 1.807) is 36.4 Å². The van der Waals surface area contributed by atoms with Crippen LogP contribution in [-0.2, 0) is 4.79 Å². The summed E-state index contributed by atoms with van der Waals surface area (Å²) in [4.78, 5) is 14.8. The van der Waals surface area contributed by atoms with Crippen LogP contribution >= 0.6 is 47.2 Å². The van der Waals surface area contributed by atoms with E-state index in [0.717, 1.165) is 0 Å². The highest BCUT2D eigenvalue weighted by Gasteiger charge is 2.34. The fourth-order valence-corrected chi connectivity index (χ4v) is 4.49. The number of rotatable bonds is 5. The van der Waals surface area contributed by atoms with Gasteiger partial charge in [0.05, 0.1) is 36.9 Å². The van der Waals surface area contributed by atoms with Crippen molar-refractivity contribution in [3.63, 3.8) is 0 Å². The Hall–Kier alpha value is -1.93. The molecule has 0 unspecified atom stereocenters. The first kappa shape index (κ1) is 20.8. The summed E-state index contributed by atoms with van der Waals surface area (Å²) in [5.41, 5.74) is 1.14. The zero-order valence-electron chi connectivity index (χ0n) is 15.1. The van der Waals surface area contributed by atoms with Crippen molar-refractivity contribution in [2.45, 2.75) is 0 Å². The van der Waals surface area contributed by atoms with Gasteiger partial charge in [0.2, 0.25) is 5.75 Å². The second-order valence-corrected chi connectivity index (χ2v) is 8.06. The first-order chi connectivity index (χ1) is 13.4. The van der Waals surface area contributed by atoms with Crippen molar-refractivity contribution in [1.29, 1.82) is 0 Å². The Kier molecular flexibility index (Phi) is 6.40. The highest BCUT2D eigenvalue weighted by molar-refractivity contribution is 8.27. The molecule has 1 aliphatic heterocycles. The average Bonchev–Trinajstić information content (AvgIpc) is 2.94. The quantitative estimate of drug-likeness (QED) is 0.442. The maximum absolute atomic E-state index is 13.0. The van der Waals surface area contributed by atoms with Gasteiger partial charge in [-0.3, -0.25) is 9.69 Å². The minimum atomic E-state index is -0.281. The van der Waals surface area contributed by atoms with Gasteiger partial charge in [-0.2, -0.15) is 0 Å². The van der Waals surface area contributed by atoms with Crippen LogP contribution in [0.2, 0.25) is 10.0 Å². The second-order valence-electron chi connectivity index (χ2n) is 5.54. The lowest BCUT2D eigenvalue weighted by Gasteiger charge is -2.16. The Bertz CT molecular complexity index is 994. The topological polar surface area (TPSA) is 48.0 Å². The van der Waals surface area contributed by atoms with Crippen LogP contribution in [0.4, 0.5) is 5.69 Å². The zero-order valence-corrected chi connectivity index (χ0v) is 18.3. The van der Waals surface area contributed by atoms with Crippen LogP contribution in [0.15, 0.2) is 35.2 Å². The van der Waals surface area contributed by atoms with Crippen LogP contribution in [0.1, 0.15) is 5.56 Å². The number of halogens is 2. The van der Waals surface area contributed by atoms with Crippen LogP contribution in [0.5, 0.6) is 17.2 Å². The van der Waals surface area contributed by atoms with E-state index in [9.17, 15) is 4.79 Å². The van der Waals surface area contributed by atoms with E-state index >= 15 is 0 Å². The number of thioether (sulfide) groups is 1. The third-order valence-corrected chi connectivity index (χ3v) is 5.81. The minimum absolute atomic E-state index is 0.281. The van der Waals surface area contributed by atoms with E-state index < -0.39 is 0 Å². The van der Waals surface area contributed by atoms with E-state index in [-0.39, 0.29) is 5.91 Å². The molecule has 0 aliphatic carbocycles. The number of hydrogen-bond acceptors (Lipinski definition) is 6. The van der Waals surface area contributed by atoms with Crippen LogP contribution < -0.4 is 19.1 Å². The van der Waals surface area contributed by atoms with Gasteiger partial charge in [0.1, 0.15) is 0 Å². The average molecular weight is 456 g/mol. The number of thiocarbonyl (C=S) groups is 1. The van der Waals surface area contributed by atoms with E-state index in [1.165, 1.54) is 38.0 Å². The van der Waals surface area contributed by atoms with Crippen LogP contribution in [-0.4, -0.2) is 31.6 Å². The van der Waals surface area contributed by atoms with Crippen LogP contribution in [0, 0.1) is 0 Å². The molecule has 1 amide bonds. The Morgan fingerprint density at radius 2 is 1.75 bits per heavy atom. The molecule has 0 spiro atoms. The van der Waals surface area contributed by atoms with E-state index in [4.69, 9.17) is 49.6 Å². The van der Waals surface area contributed by atoms with Gasteiger partial charge in [-0.15, -0.1) is 0 Å². The summed E-state index contributed by atoms with van der Waals surface area (Å²) in [6.07, 6.45) is 1.70. The summed E-state index contributed by atoms with van der Waals surface area (Å²) in [6.45, 7) is 0. The lowest BCUT2D eigenvalue weighted by Crippen LogP contribution is -2.27. The first-order valence-electron chi connectivity index (χ1n) is 7.93. The van der Waals surface area contributed by atoms with Crippen molar-refractivity contribution in [2.24, 2.45) is 0 Å². The SMILES string of the molecule is COc1ccc(C=C2SC(=S)N(c3ccc(Cl)cc3Cl)C2=O)c(OC)c1OC. The molecule has 2 aromatic carbocycles. The molecule has 0 radical (unpaired) electrons. The molecular formula is C19H15Cl2NO4S2. The van der Waals surface area contributed by atoms with Gasteiger partial charge >= 0.3 is 0 Å². The third kappa shape index (κ3) is 3.80. The molecule has 1 aliphatic rings. The number of amides is 1. The zero-order chi connectivity index (χ0) is 20.4. The first-order valence-corrected chi connectivity index (χ1v) is 9.91. The van der Waals surface area contributed by atoms with E-state index in [2.05, 4.69) is 0 Å². The molecule has 0 bridgehead atoms. The van der Waals surface area contributed by atoms with Gasteiger partial charge in [0, 0.05) is 10.6 Å². The minimum Gasteiger partial charge on any atom is -0.493 e. The number of hydrogen-bond donors (Lipinski definition) is 0.